The van der Waals surface area contributed by atoms with Gasteiger partial charge in [-0.25, -0.2) is 9.50 Å². The van der Waals surface area contributed by atoms with Crippen molar-refractivity contribution in [2.45, 2.75) is 41.0 Å². The topological polar surface area (TPSA) is 53.7 Å². The number of benzene rings is 2. The summed E-state index contributed by atoms with van der Waals surface area (Å²) in [7, 11) is 0. The molecule has 5 rings (SSSR count). The third-order valence-corrected chi connectivity index (χ3v) is 7.42. The first-order valence-electron chi connectivity index (χ1n) is 12.3. The maximum absolute atomic E-state index is 13.5. The number of aryl methyl sites for hydroxylation is 4. The summed E-state index contributed by atoms with van der Waals surface area (Å²) in [5, 5.41) is 4.57. The van der Waals surface area contributed by atoms with Crippen LogP contribution >= 0.6 is 0 Å². The summed E-state index contributed by atoms with van der Waals surface area (Å²) in [6, 6.07) is 15.0. The molecular formula is C29H33N5O. The fourth-order valence-corrected chi connectivity index (χ4v) is 5.03. The Morgan fingerprint density at radius 2 is 1.63 bits per heavy atom. The van der Waals surface area contributed by atoms with Gasteiger partial charge in [-0.15, -0.1) is 0 Å². The van der Waals surface area contributed by atoms with Gasteiger partial charge < -0.3 is 9.80 Å². The molecule has 3 heterocycles. The van der Waals surface area contributed by atoms with Crippen molar-refractivity contribution in [2.24, 2.45) is 0 Å². The van der Waals surface area contributed by atoms with Crippen molar-refractivity contribution in [2.75, 3.05) is 31.1 Å². The highest BCUT2D eigenvalue weighted by Crippen LogP contribution is 2.25. The van der Waals surface area contributed by atoms with Crippen molar-refractivity contribution in [1.82, 2.24) is 19.5 Å². The molecule has 0 bridgehead atoms. The molecule has 2 aromatic carbocycles. The normalized spacial score (nSPS) is 14.1. The van der Waals surface area contributed by atoms with E-state index in [0.717, 1.165) is 36.5 Å². The number of nitrogens with zero attached hydrogens (tertiary/aromatic N) is 5. The van der Waals surface area contributed by atoms with Crippen LogP contribution in [0.3, 0.4) is 0 Å². The first-order chi connectivity index (χ1) is 16.8. The van der Waals surface area contributed by atoms with Crippen LogP contribution in [0.1, 0.15) is 49.6 Å². The van der Waals surface area contributed by atoms with Gasteiger partial charge in [-0.3, -0.25) is 4.79 Å². The Labute approximate surface area is 207 Å². The monoisotopic (exact) mass is 467 g/mol. The Morgan fingerprint density at radius 3 is 2.34 bits per heavy atom. The number of carbonyl (C=O) groups is 1. The minimum atomic E-state index is 0.0122. The second kappa shape index (κ2) is 9.17. The highest BCUT2D eigenvalue weighted by Gasteiger charge is 2.26. The molecule has 1 amide bonds. The fraction of sp³-hybridized carbons (Fsp3) is 0.345. The molecule has 1 saturated heterocycles. The number of hydrogen-bond acceptors (Lipinski definition) is 4. The van der Waals surface area contributed by atoms with Crippen molar-refractivity contribution >= 4 is 17.2 Å². The number of hydrogen-bond donors (Lipinski definition) is 0. The fourth-order valence-electron chi connectivity index (χ4n) is 5.03. The van der Waals surface area contributed by atoms with Gasteiger partial charge in [0.05, 0.1) is 6.20 Å². The minimum Gasteiger partial charge on any atom is -0.368 e. The summed E-state index contributed by atoms with van der Waals surface area (Å²) in [4.78, 5) is 22.7. The van der Waals surface area contributed by atoms with Gasteiger partial charge in [-0.05, 0) is 62.9 Å². The first-order valence-corrected chi connectivity index (χ1v) is 12.3. The molecule has 0 atom stereocenters. The first kappa shape index (κ1) is 23.1. The largest absolute Gasteiger partial charge is 0.368 e. The molecule has 180 valence electrons. The average Bonchev–Trinajstić information content (AvgIpc) is 3.28. The van der Waals surface area contributed by atoms with Crippen LogP contribution in [0.15, 0.2) is 48.7 Å². The lowest BCUT2D eigenvalue weighted by Crippen LogP contribution is -2.49. The summed E-state index contributed by atoms with van der Waals surface area (Å²) < 4.78 is 1.83. The Bertz CT molecular complexity index is 1400. The van der Waals surface area contributed by atoms with Crippen LogP contribution in [0.4, 0.5) is 5.69 Å². The van der Waals surface area contributed by atoms with Crippen LogP contribution in [0, 0.1) is 34.6 Å². The molecule has 0 radical (unpaired) electrons. The standard InChI is InChI=1S/C29H33N5O/c1-19-9-11-24(12-10-19)17-25-22(4)31-28-26(18-30-34(28)23(25)5)29(35)33-15-13-32(14-16-33)27-8-6-7-20(2)21(27)3/h6-12,18H,13-17H2,1-5H3. The third-order valence-electron chi connectivity index (χ3n) is 7.42. The Balaban J connectivity index is 1.36. The number of anilines is 1. The van der Waals surface area contributed by atoms with Gasteiger partial charge in [0, 0.05) is 49.7 Å². The van der Waals surface area contributed by atoms with Crippen LogP contribution < -0.4 is 4.90 Å². The summed E-state index contributed by atoms with van der Waals surface area (Å²) in [6.07, 6.45) is 2.48. The van der Waals surface area contributed by atoms with Crippen LogP contribution in [-0.4, -0.2) is 51.6 Å². The van der Waals surface area contributed by atoms with Gasteiger partial charge in [0.25, 0.3) is 5.91 Å². The zero-order chi connectivity index (χ0) is 24.7. The molecule has 0 saturated carbocycles. The van der Waals surface area contributed by atoms with Gasteiger partial charge in [0.2, 0.25) is 0 Å². The molecule has 0 aliphatic carbocycles. The molecule has 1 fully saturated rings. The van der Waals surface area contributed by atoms with Crippen molar-refractivity contribution in [3.63, 3.8) is 0 Å². The molecule has 4 aromatic rings. The zero-order valence-corrected chi connectivity index (χ0v) is 21.3. The van der Waals surface area contributed by atoms with E-state index in [-0.39, 0.29) is 5.91 Å². The van der Waals surface area contributed by atoms with E-state index in [1.807, 2.05) is 16.3 Å². The van der Waals surface area contributed by atoms with Crippen LogP contribution in [-0.2, 0) is 6.42 Å². The third kappa shape index (κ3) is 4.29. The maximum atomic E-state index is 13.5. The van der Waals surface area contributed by atoms with Crippen molar-refractivity contribution in [3.05, 3.63) is 93.4 Å². The molecule has 0 N–H and O–H groups in total. The number of rotatable bonds is 4. The summed E-state index contributed by atoms with van der Waals surface area (Å²) in [5.41, 5.74) is 10.7. The summed E-state index contributed by atoms with van der Waals surface area (Å²) in [5.74, 6) is 0.0122. The molecule has 1 aliphatic heterocycles. The molecular weight excluding hydrogens is 434 g/mol. The second-order valence-electron chi connectivity index (χ2n) is 9.72. The number of fused-ring (bicyclic) bond motifs is 1. The summed E-state index contributed by atoms with van der Waals surface area (Å²) >= 11 is 0. The van der Waals surface area contributed by atoms with Gasteiger partial charge in [0.1, 0.15) is 5.56 Å². The van der Waals surface area contributed by atoms with E-state index in [4.69, 9.17) is 4.98 Å². The van der Waals surface area contributed by atoms with E-state index in [9.17, 15) is 4.79 Å². The lowest BCUT2D eigenvalue weighted by Gasteiger charge is -2.37. The SMILES string of the molecule is Cc1ccc(Cc2c(C)nc3c(C(=O)N4CCN(c5cccc(C)c5C)CC4)cnn3c2C)cc1. The molecule has 35 heavy (non-hydrogen) atoms. The van der Waals surface area contributed by atoms with E-state index >= 15 is 0 Å². The number of aromatic nitrogens is 3. The van der Waals surface area contributed by atoms with Gasteiger partial charge >= 0.3 is 0 Å². The average molecular weight is 468 g/mol. The minimum absolute atomic E-state index is 0.0122. The second-order valence-corrected chi connectivity index (χ2v) is 9.72. The molecule has 0 unspecified atom stereocenters. The van der Waals surface area contributed by atoms with Gasteiger partial charge in [0.15, 0.2) is 5.65 Å². The number of piperazine rings is 1. The quantitative estimate of drug-likeness (QED) is 0.432. The molecule has 2 aromatic heterocycles. The van der Waals surface area contributed by atoms with E-state index in [1.54, 1.807) is 6.20 Å². The zero-order valence-electron chi connectivity index (χ0n) is 21.3. The number of carbonyl (C=O) groups excluding carboxylic acids is 1. The van der Waals surface area contributed by atoms with Crippen molar-refractivity contribution < 1.29 is 4.79 Å². The lowest BCUT2D eigenvalue weighted by molar-refractivity contribution is 0.0748. The number of amides is 1. The van der Waals surface area contributed by atoms with Gasteiger partial charge in [-0.1, -0.05) is 42.0 Å². The van der Waals surface area contributed by atoms with E-state index in [1.165, 1.54) is 27.9 Å². The van der Waals surface area contributed by atoms with E-state index < -0.39 is 0 Å². The predicted octanol–water partition coefficient (Wildman–Crippen LogP) is 4.82. The maximum Gasteiger partial charge on any atom is 0.259 e. The van der Waals surface area contributed by atoms with Crippen molar-refractivity contribution in [3.8, 4) is 0 Å². The predicted molar refractivity (Wildman–Crippen MR) is 140 cm³/mol. The van der Waals surface area contributed by atoms with Crippen LogP contribution in [0.25, 0.3) is 5.65 Å². The van der Waals surface area contributed by atoms with Gasteiger partial charge in [-0.2, -0.15) is 5.10 Å². The molecule has 6 nitrogen and oxygen atoms in total. The molecule has 6 heteroatoms. The smallest absolute Gasteiger partial charge is 0.259 e. The van der Waals surface area contributed by atoms with Crippen LogP contribution in [0.5, 0.6) is 0 Å². The van der Waals surface area contributed by atoms with Crippen LogP contribution in [0.2, 0.25) is 0 Å². The Hall–Kier alpha value is -3.67. The van der Waals surface area contributed by atoms with Crippen molar-refractivity contribution in [1.29, 1.82) is 0 Å². The summed E-state index contributed by atoms with van der Waals surface area (Å²) in [6.45, 7) is 13.5. The lowest BCUT2D eigenvalue weighted by atomic mass is 10.0. The molecule has 1 aliphatic rings. The highest BCUT2D eigenvalue weighted by molar-refractivity contribution is 5.99. The highest BCUT2D eigenvalue weighted by atomic mass is 16.2. The Kier molecular flexibility index (Phi) is 6.05. The molecule has 0 spiro atoms. The van der Waals surface area contributed by atoms with E-state index in [0.29, 0.717) is 24.3 Å². The van der Waals surface area contributed by atoms with E-state index in [2.05, 4.69) is 80.2 Å². The Morgan fingerprint density at radius 1 is 0.914 bits per heavy atom.